The highest BCUT2D eigenvalue weighted by molar-refractivity contribution is 5.77. The predicted molar refractivity (Wildman–Crippen MR) is 82.4 cm³/mol. The normalized spacial score (nSPS) is 13.7. The first kappa shape index (κ1) is 19.0. The average Bonchev–Trinajstić information content (AvgIpc) is 2.45. The summed E-state index contributed by atoms with van der Waals surface area (Å²) in [4.78, 5) is 11.4. The summed E-state index contributed by atoms with van der Waals surface area (Å²) in [5.74, 6) is -0.934. The molecule has 0 saturated heterocycles. The number of unbranched alkanes of at least 4 members (excludes halogenated alkanes) is 8. The van der Waals surface area contributed by atoms with Crippen LogP contribution in [0, 0.1) is 16.7 Å². The lowest BCUT2D eigenvalue weighted by atomic mass is 9.79. The van der Waals surface area contributed by atoms with E-state index in [2.05, 4.69) is 13.0 Å². The summed E-state index contributed by atoms with van der Waals surface area (Å²) in [6.45, 7) is 4.24. The third kappa shape index (κ3) is 7.53. The second-order valence-electron chi connectivity index (χ2n) is 5.83. The summed E-state index contributed by atoms with van der Waals surface area (Å²) in [5.41, 5.74) is -1.14. The predicted octanol–water partition coefficient (Wildman–Crippen LogP) is 5.30. The molecule has 0 radical (unpaired) electrons. The van der Waals surface area contributed by atoms with Gasteiger partial charge in [0.25, 0.3) is 0 Å². The van der Waals surface area contributed by atoms with Crippen molar-refractivity contribution in [2.75, 3.05) is 0 Å². The molecule has 0 aliphatic heterocycles. The van der Waals surface area contributed by atoms with E-state index in [1.54, 1.807) is 0 Å². The van der Waals surface area contributed by atoms with Crippen molar-refractivity contribution in [2.45, 2.75) is 90.9 Å². The van der Waals surface area contributed by atoms with E-state index >= 15 is 0 Å². The molecule has 1 unspecified atom stereocenters. The Kier molecular flexibility index (Phi) is 11.1. The van der Waals surface area contributed by atoms with Gasteiger partial charge in [0, 0.05) is 0 Å². The molecule has 0 saturated carbocycles. The minimum atomic E-state index is -1.14. The zero-order valence-corrected chi connectivity index (χ0v) is 13.3. The summed E-state index contributed by atoms with van der Waals surface area (Å²) >= 11 is 0. The van der Waals surface area contributed by atoms with E-state index in [1.807, 2.05) is 6.92 Å². The van der Waals surface area contributed by atoms with Crippen LogP contribution < -0.4 is 0 Å². The van der Waals surface area contributed by atoms with Crippen LogP contribution in [-0.2, 0) is 4.79 Å². The molecular weight excluding hydrogens is 250 g/mol. The van der Waals surface area contributed by atoms with Crippen molar-refractivity contribution in [3.63, 3.8) is 0 Å². The van der Waals surface area contributed by atoms with E-state index in [-0.39, 0.29) is 0 Å². The fraction of sp³-hybridized carbons (Fsp3) is 0.882. The third-order valence-corrected chi connectivity index (χ3v) is 4.04. The highest BCUT2D eigenvalue weighted by Crippen LogP contribution is 2.31. The lowest BCUT2D eigenvalue weighted by Gasteiger charge is -2.21. The Balaban J connectivity index is 3.91. The smallest absolute Gasteiger partial charge is 0.324 e. The molecule has 0 fully saturated rings. The molecule has 0 amide bonds. The first-order valence-corrected chi connectivity index (χ1v) is 8.27. The van der Waals surface area contributed by atoms with Crippen molar-refractivity contribution in [3.8, 4) is 6.07 Å². The lowest BCUT2D eigenvalue weighted by Crippen LogP contribution is -2.29. The monoisotopic (exact) mass is 281 g/mol. The molecule has 20 heavy (non-hydrogen) atoms. The number of hydrogen-bond donors (Lipinski definition) is 1. The molecule has 0 heterocycles. The van der Waals surface area contributed by atoms with E-state index in [0.29, 0.717) is 12.8 Å². The van der Waals surface area contributed by atoms with E-state index in [4.69, 9.17) is 0 Å². The molecule has 0 spiro atoms. The van der Waals surface area contributed by atoms with E-state index in [9.17, 15) is 15.2 Å². The Hall–Kier alpha value is -1.04. The molecule has 0 aliphatic carbocycles. The van der Waals surface area contributed by atoms with E-state index < -0.39 is 11.4 Å². The molecule has 1 atom stereocenters. The van der Waals surface area contributed by atoms with Crippen LogP contribution in [0.1, 0.15) is 90.9 Å². The number of carboxylic acid groups (broad SMARTS) is 1. The second kappa shape index (κ2) is 11.8. The quantitative estimate of drug-likeness (QED) is 0.466. The molecule has 0 aliphatic rings. The number of carboxylic acids is 1. The van der Waals surface area contributed by atoms with Gasteiger partial charge in [-0.1, -0.05) is 78.1 Å². The van der Waals surface area contributed by atoms with Gasteiger partial charge in [-0.05, 0) is 12.8 Å². The molecule has 3 nitrogen and oxygen atoms in total. The Bertz CT molecular complexity index is 296. The van der Waals surface area contributed by atoms with Gasteiger partial charge in [-0.15, -0.1) is 0 Å². The van der Waals surface area contributed by atoms with Crippen LogP contribution in [0.3, 0.4) is 0 Å². The van der Waals surface area contributed by atoms with Crippen molar-refractivity contribution < 1.29 is 9.90 Å². The molecule has 1 N–H and O–H groups in total. The maximum Gasteiger partial charge on any atom is 0.324 e. The van der Waals surface area contributed by atoms with Crippen LogP contribution in [0.15, 0.2) is 0 Å². The van der Waals surface area contributed by atoms with E-state index in [0.717, 1.165) is 25.7 Å². The van der Waals surface area contributed by atoms with Gasteiger partial charge in [-0.25, -0.2) is 0 Å². The summed E-state index contributed by atoms with van der Waals surface area (Å²) in [5, 5.41) is 18.6. The number of nitriles is 1. The van der Waals surface area contributed by atoms with Gasteiger partial charge in [-0.2, -0.15) is 5.26 Å². The van der Waals surface area contributed by atoms with Crippen LogP contribution in [0.5, 0.6) is 0 Å². The number of aliphatic carboxylic acids is 1. The zero-order chi connectivity index (χ0) is 15.3. The molecule has 0 aromatic heterocycles. The maximum atomic E-state index is 11.4. The Morgan fingerprint density at radius 2 is 1.35 bits per heavy atom. The molecule has 0 aromatic carbocycles. The Morgan fingerprint density at radius 1 is 0.900 bits per heavy atom. The summed E-state index contributed by atoms with van der Waals surface area (Å²) < 4.78 is 0. The second-order valence-corrected chi connectivity index (χ2v) is 5.83. The third-order valence-electron chi connectivity index (χ3n) is 4.04. The fourth-order valence-electron chi connectivity index (χ4n) is 2.54. The fourth-order valence-corrected chi connectivity index (χ4v) is 2.54. The largest absolute Gasteiger partial charge is 0.480 e. The van der Waals surface area contributed by atoms with Gasteiger partial charge < -0.3 is 5.11 Å². The average molecular weight is 281 g/mol. The van der Waals surface area contributed by atoms with E-state index in [1.165, 1.54) is 38.5 Å². The highest BCUT2D eigenvalue weighted by atomic mass is 16.4. The van der Waals surface area contributed by atoms with Gasteiger partial charge >= 0.3 is 5.97 Å². The van der Waals surface area contributed by atoms with Crippen molar-refractivity contribution in [1.29, 1.82) is 5.26 Å². The minimum absolute atomic E-state index is 0.492. The van der Waals surface area contributed by atoms with Gasteiger partial charge in [-0.3, -0.25) is 4.79 Å². The molecule has 3 heteroatoms. The van der Waals surface area contributed by atoms with Gasteiger partial charge in [0.1, 0.15) is 0 Å². The zero-order valence-electron chi connectivity index (χ0n) is 13.3. The van der Waals surface area contributed by atoms with Crippen molar-refractivity contribution in [3.05, 3.63) is 0 Å². The topological polar surface area (TPSA) is 61.1 Å². The molecule has 0 bridgehead atoms. The van der Waals surface area contributed by atoms with Crippen molar-refractivity contribution in [2.24, 2.45) is 5.41 Å². The van der Waals surface area contributed by atoms with Crippen LogP contribution in [0.2, 0.25) is 0 Å². The van der Waals surface area contributed by atoms with Crippen LogP contribution in [0.4, 0.5) is 0 Å². The highest BCUT2D eigenvalue weighted by Gasteiger charge is 2.37. The SMILES string of the molecule is CCCCCCCCCCC(C#N)(CCCC)C(=O)O. The molecular formula is C17H31NO2. The van der Waals surface area contributed by atoms with Crippen LogP contribution in [-0.4, -0.2) is 11.1 Å². The Labute approximate surface area is 124 Å². The van der Waals surface area contributed by atoms with Crippen molar-refractivity contribution in [1.82, 2.24) is 0 Å². The molecule has 116 valence electrons. The van der Waals surface area contributed by atoms with Crippen LogP contribution in [0.25, 0.3) is 0 Å². The number of hydrogen-bond acceptors (Lipinski definition) is 2. The molecule has 0 rings (SSSR count). The van der Waals surface area contributed by atoms with Crippen LogP contribution >= 0.6 is 0 Å². The number of carbonyl (C=O) groups is 1. The number of rotatable bonds is 13. The number of nitrogens with zero attached hydrogens (tertiary/aromatic N) is 1. The summed E-state index contributed by atoms with van der Waals surface area (Å²) in [7, 11) is 0. The summed E-state index contributed by atoms with van der Waals surface area (Å²) in [6.07, 6.45) is 12.2. The summed E-state index contributed by atoms with van der Waals surface area (Å²) in [6, 6.07) is 2.07. The van der Waals surface area contributed by atoms with Gasteiger partial charge in [0.2, 0.25) is 0 Å². The maximum absolute atomic E-state index is 11.4. The van der Waals surface area contributed by atoms with Gasteiger partial charge in [0.15, 0.2) is 5.41 Å². The molecule has 0 aromatic rings. The first-order chi connectivity index (χ1) is 9.63. The standard InChI is InChI=1S/C17H31NO2/c1-3-5-7-8-9-10-11-12-14-17(15-18,16(19)20)13-6-4-2/h3-14H2,1-2H3,(H,19,20). The van der Waals surface area contributed by atoms with Crippen molar-refractivity contribution >= 4 is 5.97 Å². The van der Waals surface area contributed by atoms with Gasteiger partial charge in [0.05, 0.1) is 6.07 Å². The first-order valence-electron chi connectivity index (χ1n) is 8.27. The minimum Gasteiger partial charge on any atom is -0.480 e. The lowest BCUT2D eigenvalue weighted by molar-refractivity contribution is -0.146. The Morgan fingerprint density at radius 3 is 1.80 bits per heavy atom.